The molecule has 0 saturated carbocycles. The average molecular weight is 231 g/mol. The van der Waals surface area contributed by atoms with Crippen molar-refractivity contribution >= 4 is 27.4 Å². The SMILES string of the molecule is CCOC(=O)c1cc(C#N)c2sccc2c1. The lowest BCUT2D eigenvalue weighted by atomic mass is 10.1. The van der Waals surface area contributed by atoms with Crippen LogP contribution in [0.15, 0.2) is 23.6 Å². The number of ether oxygens (including phenoxy) is 1. The molecule has 0 N–H and O–H groups in total. The van der Waals surface area contributed by atoms with Gasteiger partial charge in [-0.3, -0.25) is 0 Å². The molecule has 80 valence electrons. The fraction of sp³-hybridized carbons (Fsp3) is 0.167. The van der Waals surface area contributed by atoms with E-state index in [0.29, 0.717) is 17.7 Å². The summed E-state index contributed by atoms with van der Waals surface area (Å²) in [5.74, 6) is -0.382. The quantitative estimate of drug-likeness (QED) is 0.746. The van der Waals surface area contributed by atoms with Gasteiger partial charge in [-0.25, -0.2) is 4.79 Å². The number of nitriles is 1. The Morgan fingerprint density at radius 3 is 3.06 bits per heavy atom. The van der Waals surface area contributed by atoms with E-state index in [4.69, 9.17) is 10.00 Å². The van der Waals surface area contributed by atoms with Gasteiger partial charge in [0.25, 0.3) is 0 Å². The first-order chi connectivity index (χ1) is 7.76. The van der Waals surface area contributed by atoms with Crippen LogP contribution in [0.1, 0.15) is 22.8 Å². The van der Waals surface area contributed by atoms with Gasteiger partial charge in [0.1, 0.15) is 6.07 Å². The van der Waals surface area contributed by atoms with Crippen molar-refractivity contribution in [2.24, 2.45) is 0 Å². The molecule has 3 nitrogen and oxygen atoms in total. The summed E-state index contributed by atoms with van der Waals surface area (Å²) in [6.45, 7) is 2.09. The van der Waals surface area contributed by atoms with Crippen LogP contribution in [0.5, 0.6) is 0 Å². The minimum atomic E-state index is -0.382. The number of hydrogen-bond acceptors (Lipinski definition) is 4. The molecule has 0 bridgehead atoms. The van der Waals surface area contributed by atoms with Gasteiger partial charge in [0.2, 0.25) is 0 Å². The number of benzene rings is 1. The van der Waals surface area contributed by atoms with Crippen LogP contribution in [0.25, 0.3) is 10.1 Å². The molecule has 4 heteroatoms. The highest BCUT2D eigenvalue weighted by Crippen LogP contribution is 2.26. The molecule has 0 radical (unpaired) electrons. The van der Waals surface area contributed by atoms with Gasteiger partial charge in [-0.05, 0) is 35.9 Å². The molecule has 0 fully saturated rings. The van der Waals surface area contributed by atoms with E-state index < -0.39 is 0 Å². The molecular weight excluding hydrogens is 222 g/mol. The van der Waals surface area contributed by atoms with Gasteiger partial charge in [-0.15, -0.1) is 11.3 Å². The molecular formula is C12H9NO2S. The minimum Gasteiger partial charge on any atom is -0.462 e. The van der Waals surface area contributed by atoms with Crippen molar-refractivity contribution < 1.29 is 9.53 Å². The second-order valence-corrected chi connectivity index (χ2v) is 4.11. The Morgan fingerprint density at radius 1 is 1.56 bits per heavy atom. The van der Waals surface area contributed by atoms with Crippen molar-refractivity contribution in [2.45, 2.75) is 6.92 Å². The summed E-state index contributed by atoms with van der Waals surface area (Å²) in [6, 6.07) is 7.32. The van der Waals surface area contributed by atoms with E-state index in [9.17, 15) is 4.79 Å². The summed E-state index contributed by atoms with van der Waals surface area (Å²) >= 11 is 1.50. The average Bonchev–Trinajstić information content (AvgIpc) is 2.75. The first kappa shape index (κ1) is 10.7. The first-order valence-electron chi connectivity index (χ1n) is 4.84. The third-order valence-corrected chi connectivity index (χ3v) is 3.15. The Labute approximate surface area is 96.9 Å². The summed E-state index contributed by atoms with van der Waals surface area (Å²) in [7, 11) is 0. The number of rotatable bonds is 2. The van der Waals surface area contributed by atoms with Gasteiger partial charge in [0, 0.05) is 0 Å². The Hall–Kier alpha value is -1.86. The molecule has 1 aromatic carbocycles. The highest BCUT2D eigenvalue weighted by Gasteiger charge is 2.11. The van der Waals surface area contributed by atoms with Crippen LogP contribution in [-0.4, -0.2) is 12.6 Å². The summed E-state index contributed by atoms with van der Waals surface area (Å²) < 4.78 is 5.82. The monoisotopic (exact) mass is 231 g/mol. The molecule has 2 aromatic rings. The van der Waals surface area contributed by atoms with Crippen molar-refractivity contribution in [3.63, 3.8) is 0 Å². The lowest BCUT2D eigenvalue weighted by molar-refractivity contribution is 0.0526. The van der Waals surface area contributed by atoms with Crippen LogP contribution in [-0.2, 0) is 4.74 Å². The Bertz CT molecular complexity index is 580. The molecule has 0 aliphatic heterocycles. The maximum Gasteiger partial charge on any atom is 0.338 e. The standard InChI is InChI=1S/C12H9NO2S/c1-2-15-12(14)9-5-8-3-4-16-11(8)10(6-9)7-13/h3-6H,2H2,1H3. The van der Waals surface area contributed by atoms with Gasteiger partial charge < -0.3 is 4.74 Å². The first-order valence-corrected chi connectivity index (χ1v) is 5.72. The molecule has 0 aliphatic rings. The Balaban J connectivity index is 2.56. The van der Waals surface area contributed by atoms with E-state index in [1.165, 1.54) is 11.3 Å². The van der Waals surface area contributed by atoms with Crippen molar-refractivity contribution in [3.8, 4) is 6.07 Å². The van der Waals surface area contributed by atoms with Crippen molar-refractivity contribution in [3.05, 3.63) is 34.7 Å². The van der Waals surface area contributed by atoms with Crippen LogP contribution in [0.2, 0.25) is 0 Å². The van der Waals surface area contributed by atoms with Gasteiger partial charge in [0.15, 0.2) is 0 Å². The topological polar surface area (TPSA) is 50.1 Å². The fourth-order valence-corrected chi connectivity index (χ4v) is 2.34. The second-order valence-electron chi connectivity index (χ2n) is 3.20. The molecule has 2 rings (SSSR count). The van der Waals surface area contributed by atoms with E-state index in [-0.39, 0.29) is 5.97 Å². The van der Waals surface area contributed by atoms with Gasteiger partial charge in [-0.1, -0.05) is 0 Å². The second kappa shape index (κ2) is 4.33. The van der Waals surface area contributed by atoms with Crippen LogP contribution in [0.3, 0.4) is 0 Å². The zero-order valence-corrected chi connectivity index (χ0v) is 9.50. The minimum absolute atomic E-state index is 0.336. The van der Waals surface area contributed by atoms with Crippen LogP contribution >= 0.6 is 11.3 Å². The molecule has 0 saturated heterocycles. The Kier molecular flexibility index (Phi) is 2.88. The third-order valence-electron chi connectivity index (χ3n) is 2.18. The number of thiophene rings is 1. The summed E-state index contributed by atoms with van der Waals surface area (Å²) in [4.78, 5) is 11.6. The number of esters is 1. The van der Waals surface area contributed by atoms with E-state index >= 15 is 0 Å². The zero-order valence-electron chi connectivity index (χ0n) is 8.69. The highest BCUT2D eigenvalue weighted by atomic mass is 32.1. The third kappa shape index (κ3) is 1.77. The smallest absolute Gasteiger partial charge is 0.338 e. The van der Waals surface area contributed by atoms with Crippen molar-refractivity contribution in [2.75, 3.05) is 6.61 Å². The zero-order chi connectivity index (χ0) is 11.5. The predicted octanol–water partition coefficient (Wildman–Crippen LogP) is 2.95. The number of nitrogens with zero attached hydrogens (tertiary/aromatic N) is 1. The molecule has 1 aromatic heterocycles. The summed E-state index contributed by atoms with van der Waals surface area (Å²) in [6.07, 6.45) is 0. The lowest BCUT2D eigenvalue weighted by Crippen LogP contribution is -2.04. The van der Waals surface area contributed by atoms with Crippen molar-refractivity contribution in [1.29, 1.82) is 5.26 Å². The largest absolute Gasteiger partial charge is 0.462 e. The Morgan fingerprint density at radius 2 is 2.38 bits per heavy atom. The summed E-state index contributed by atoms with van der Waals surface area (Å²) in [5, 5.41) is 11.8. The maximum atomic E-state index is 11.6. The van der Waals surface area contributed by atoms with Gasteiger partial charge in [-0.2, -0.15) is 5.26 Å². The molecule has 0 atom stereocenters. The molecule has 1 heterocycles. The van der Waals surface area contributed by atoms with E-state index in [2.05, 4.69) is 6.07 Å². The van der Waals surface area contributed by atoms with Gasteiger partial charge >= 0.3 is 5.97 Å². The normalized spacial score (nSPS) is 10.0. The number of carbonyl (C=O) groups is 1. The van der Waals surface area contributed by atoms with E-state index in [1.807, 2.05) is 11.4 Å². The van der Waals surface area contributed by atoms with Crippen molar-refractivity contribution in [1.82, 2.24) is 0 Å². The van der Waals surface area contributed by atoms with E-state index in [0.717, 1.165) is 10.1 Å². The number of carbonyl (C=O) groups excluding carboxylic acids is 1. The van der Waals surface area contributed by atoms with E-state index in [1.54, 1.807) is 19.1 Å². The number of fused-ring (bicyclic) bond motifs is 1. The predicted molar refractivity (Wildman–Crippen MR) is 62.5 cm³/mol. The van der Waals surface area contributed by atoms with Crippen LogP contribution in [0.4, 0.5) is 0 Å². The van der Waals surface area contributed by atoms with Gasteiger partial charge in [0.05, 0.1) is 22.4 Å². The molecule has 0 spiro atoms. The number of hydrogen-bond donors (Lipinski definition) is 0. The molecule has 0 aliphatic carbocycles. The molecule has 0 unspecified atom stereocenters. The lowest BCUT2D eigenvalue weighted by Gasteiger charge is -2.02. The molecule has 0 amide bonds. The summed E-state index contributed by atoms with van der Waals surface area (Å²) in [5.41, 5.74) is 0.958. The van der Waals surface area contributed by atoms with Crippen LogP contribution < -0.4 is 0 Å². The van der Waals surface area contributed by atoms with Crippen LogP contribution in [0, 0.1) is 11.3 Å². The molecule has 16 heavy (non-hydrogen) atoms. The highest BCUT2D eigenvalue weighted by molar-refractivity contribution is 7.17. The fourth-order valence-electron chi connectivity index (χ4n) is 1.50. The maximum absolute atomic E-state index is 11.6.